The second-order valence-electron chi connectivity index (χ2n) is 17.4. The normalized spacial score (nSPS) is 13.0. The molecule has 6 heteroatoms. The molecule has 0 aromatic carbocycles. The summed E-state index contributed by atoms with van der Waals surface area (Å²) in [6, 6.07) is 0. The van der Waals surface area contributed by atoms with Gasteiger partial charge in [0.1, 0.15) is 13.2 Å². The summed E-state index contributed by atoms with van der Waals surface area (Å²) in [6.07, 6.45) is 72.2. The van der Waals surface area contributed by atoms with Gasteiger partial charge in [-0.05, 0) is 96.3 Å². The highest BCUT2D eigenvalue weighted by Crippen LogP contribution is 2.14. The fourth-order valence-corrected chi connectivity index (χ4v) is 7.00. The fraction of sp³-hybridized carbons (Fsp3) is 0.650. The van der Waals surface area contributed by atoms with Crippen molar-refractivity contribution in [3.8, 4) is 0 Å². The standard InChI is InChI=1S/C60H98O6/c1-4-7-10-13-16-19-22-25-28-30-32-35-38-41-44-47-50-53-59(62)65-56-57(55-64-58(61)52-49-46-43-40-37-34-27-24-21-18-15-12-9-6-3)66-60(63)54-51-48-45-42-39-36-33-31-29-26-23-20-17-14-11-8-5-2/h7,10,16-17,19-20,25-26,28-29,32-33,35-36,41-42,44-45,57H,4-6,8-9,11-15,18,21-24,27,30-31,34,37-40,43,46-56H2,1-3H3/b10-7+,19-16+,20-17+,28-25+,29-26+,35-32+,36-33+,44-41+,45-42+/t57-/m1/s1. The van der Waals surface area contributed by atoms with Gasteiger partial charge in [0.25, 0.3) is 0 Å². The van der Waals surface area contributed by atoms with Crippen LogP contribution in [0.2, 0.25) is 0 Å². The zero-order valence-corrected chi connectivity index (χ0v) is 42.7. The third kappa shape index (κ3) is 51.1. The van der Waals surface area contributed by atoms with Crippen molar-refractivity contribution < 1.29 is 28.6 Å². The number of rotatable bonds is 47. The number of esters is 3. The van der Waals surface area contributed by atoms with Crippen molar-refractivity contribution in [3.63, 3.8) is 0 Å². The average molecular weight is 915 g/mol. The van der Waals surface area contributed by atoms with Crippen LogP contribution >= 0.6 is 0 Å². The van der Waals surface area contributed by atoms with Crippen molar-refractivity contribution >= 4 is 17.9 Å². The molecular formula is C60H98O6. The first-order valence-corrected chi connectivity index (χ1v) is 26.9. The summed E-state index contributed by atoms with van der Waals surface area (Å²) in [4.78, 5) is 38.0. The Bertz CT molecular complexity index is 1370. The van der Waals surface area contributed by atoms with Gasteiger partial charge in [-0.1, -0.05) is 226 Å². The Morgan fingerprint density at radius 3 is 0.985 bits per heavy atom. The van der Waals surface area contributed by atoms with E-state index in [2.05, 4.69) is 130 Å². The lowest BCUT2D eigenvalue weighted by Crippen LogP contribution is -2.30. The van der Waals surface area contributed by atoms with Gasteiger partial charge in [0, 0.05) is 19.3 Å². The highest BCUT2D eigenvalue weighted by Gasteiger charge is 2.19. The van der Waals surface area contributed by atoms with Crippen molar-refractivity contribution in [2.24, 2.45) is 0 Å². The molecular weight excluding hydrogens is 817 g/mol. The molecule has 0 radical (unpaired) electrons. The Morgan fingerprint density at radius 2 is 0.606 bits per heavy atom. The fourth-order valence-electron chi connectivity index (χ4n) is 7.00. The highest BCUT2D eigenvalue weighted by molar-refractivity contribution is 5.71. The maximum Gasteiger partial charge on any atom is 0.306 e. The zero-order chi connectivity index (χ0) is 47.9. The Kier molecular flexibility index (Phi) is 50.5. The predicted octanol–water partition coefficient (Wildman–Crippen LogP) is 17.9. The lowest BCUT2D eigenvalue weighted by Gasteiger charge is -2.18. The van der Waals surface area contributed by atoms with E-state index in [1.807, 2.05) is 0 Å². The van der Waals surface area contributed by atoms with Crippen molar-refractivity contribution in [3.05, 3.63) is 109 Å². The molecule has 0 aromatic heterocycles. The smallest absolute Gasteiger partial charge is 0.306 e. The molecule has 0 saturated heterocycles. The second kappa shape index (κ2) is 53.7. The molecule has 0 aliphatic carbocycles. The van der Waals surface area contributed by atoms with Gasteiger partial charge in [0.05, 0.1) is 0 Å². The van der Waals surface area contributed by atoms with Gasteiger partial charge in [-0.3, -0.25) is 14.4 Å². The molecule has 0 heterocycles. The van der Waals surface area contributed by atoms with Crippen LogP contribution in [0.5, 0.6) is 0 Å². The van der Waals surface area contributed by atoms with E-state index in [4.69, 9.17) is 14.2 Å². The molecule has 0 aliphatic rings. The van der Waals surface area contributed by atoms with Crippen molar-refractivity contribution in [2.75, 3.05) is 13.2 Å². The first-order valence-electron chi connectivity index (χ1n) is 26.9. The van der Waals surface area contributed by atoms with E-state index in [-0.39, 0.29) is 44.0 Å². The number of ether oxygens (including phenoxy) is 3. The molecule has 0 unspecified atom stereocenters. The van der Waals surface area contributed by atoms with Gasteiger partial charge >= 0.3 is 17.9 Å². The number of unbranched alkanes of at least 4 members (excludes halogenated alkanes) is 18. The van der Waals surface area contributed by atoms with E-state index in [0.29, 0.717) is 19.3 Å². The van der Waals surface area contributed by atoms with E-state index < -0.39 is 6.10 Å². The average Bonchev–Trinajstić information content (AvgIpc) is 3.31. The van der Waals surface area contributed by atoms with Crippen LogP contribution in [0, 0.1) is 0 Å². The third-order valence-electron chi connectivity index (χ3n) is 11.0. The quantitative estimate of drug-likeness (QED) is 0.0262. The molecule has 0 aliphatic heterocycles. The SMILES string of the molecule is CC/C=C/C/C=C/C/C=C/C/C=C/C/C=C/CCCC(=O)OC[C@@H](COC(=O)CCCCCCCCCCCCCCCC)OC(=O)CCC/C=C/C/C=C/C/C=C/C/C=C/CCCCC. The van der Waals surface area contributed by atoms with Gasteiger partial charge in [0.2, 0.25) is 0 Å². The Labute approximate surface area is 406 Å². The maximum atomic E-state index is 12.8. The molecule has 0 saturated carbocycles. The molecule has 374 valence electrons. The van der Waals surface area contributed by atoms with Crippen molar-refractivity contribution in [2.45, 2.75) is 239 Å². The van der Waals surface area contributed by atoms with Crippen molar-refractivity contribution in [1.29, 1.82) is 0 Å². The van der Waals surface area contributed by atoms with Crippen LogP contribution in [0.3, 0.4) is 0 Å². The second-order valence-corrected chi connectivity index (χ2v) is 17.4. The van der Waals surface area contributed by atoms with Crippen LogP contribution in [0.15, 0.2) is 109 Å². The number of carbonyl (C=O) groups excluding carboxylic acids is 3. The summed E-state index contributed by atoms with van der Waals surface area (Å²) >= 11 is 0. The zero-order valence-electron chi connectivity index (χ0n) is 42.7. The van der Waals surface area contributed by atoms with E-state index in [1.54, 1.807) is 0 Å². The van der Waals surface area contributed by atoms with Gasteiger partial charge in [-0.2, -0.15) is 0 Å². The minimum atomic E-state index is -0.829. The molecule has 0 spiro atoms. The number of hydrogen-bond donors (Lipinski definition) is 0. The van der Waals surface area contributed by atoms with Crippen LogP contribution in [-0.4, -0.2) is 37.2 Å². The van der Waals surface area contributed by atoms with E-state index in [1.165, 1.54) is 96.3 Å². The summed E-state index contributed by atoms with van der Waals surface area (Å²) in [5.41, 5.74) is 0. The van der Waals surface area contributed by atoms with Gasteiger partial charge in [-0.25, -0.2) is 0 Å². The van der Waals surface area contributed by atoms with Crippen LogP contribution < -0.4 is 0 Å². The molecule has 0 fully saturated rings. The molecule has 0 amide bonds. The number of hydrogen-bond acceptors (Lipinski definition) is 6. The molecule has 6 nitrogen and oxygen atoms in total. The third-order valence-corrected chi connectivity index (χ3v) is 11.0. The summed E-state index contributed by atoms with van der Waals surface area (Å²) < 4.78 is 16.7. The van der Waals surface area contributed by atoms with E-state index in [0.717, 1.165) is 83.5 Å². The van der Waals surface area contributed by atoms with Crippen LogP contribution in [0.1, 0.15) is 233 Å². The summed E-state index contributed by atoms with van der Waals surface area (Å²) in [6.45, 7) is 6.40. The van der Waals surface area contributed by atoms with Gasteiger partial charge < -0.3 is 14.2 Å². The summed E-state index contributed by atoms with van der Waals surface area (Å²) in [5, 5.41) is 0. The Morgan fingerprint density at radius 1 is 0.318 bits per heavy atom. The maximum absolute atomic E-state index is 12.8. The van der Waals surface area contributed by atoms with Crippen molar-refractivity contribution in [1.82, 2.24) is 0 Å². The van der Waals surface area contributed by atoms with Gasteiger partial charge in [-0.15, -0.1) is 0 Å². The van der Waals surface area contributed by atoms with Crippen LogP contribution in [0.4, 0.5) is 0 Å². The Balaban J connectivity index is 4.57. The molecule has 0 aromatic rings. The topological polar surface area (TPSA) is 78.9 Å². The van der Waals surface area contributed by atoms with Crippen LogP contribution in [0.25, 0.3) is 0 Å². The lowest BCUT2D eigenvalue weighted by atomic mass is 10.0. The molecule has 66 heavy (non-hydrogen) atoms. The molecule has 1 atom stereocenters. The number of carbonyl (C=O) groups is 3. The molecule has 0 N–H and O–H groups in total. The van der Waals surface area contributed by atoms with E-state index >= 15 is 0 Å². The Hall–Kier alpha value is -3.93. The largest absolute Gasteiger partial charge is 0.462 e. The predicted molar refractivity (Wildman–Crippen MR) is 283 cm³/mol. The highest BCUT2D eigenvalue weighted by atomic mass is 16.6. The lowest BCUT2D eigenvalue weighted by molar-refractivity contribution is -0.167. The van der Waals surface area contributed by atoms with Crippen LogP contribution in [-0.2, 0) is 28.6 Å². The first-order chi connectivity index (χ1) is 32.5. The molecule has 0 rings (SSSR count). The summed E-state index contributed by atoms with van der Waals surface area (Å²) in [5.74, 6) is -1.04. The monoisotopic (exact) mass is 915 g/mol. The first kappa shape index (κ1) is 62.1. The summed E-state index contributed by atoms with van der Waals surface area (Å²) in [7, 11) is 0. The van der Waals surface area contributed by atoms with E-state index in [9.17, 15) is 14.4 Å². The number of allylic oxidation sites excluding steroid dienone is 18. The molecule has 0 bridgehead atoms. The minimum Gasteiger partial charge on any atom is -0.462 e. The minimum absolute atomic E-state index is 0.117. The van der Waals surface area contributed by atoms with Gasteiger partial charge in [0.15, 0.2) is 6.10 Å².